The largest absolute Gasteiger partial charge is 0.219 e. The fourth-order valence-electron chi connectivity index (χ4n) is 2.85. The van der Waals surface area contributed by atoms with Gasteiger partial charge >= 0.3 is 0 Å². The van der Waals surface area contributed by atoms with Crippen LogP contribution in [0.3, 0.4) is 0 Å². The molecule has 2 aromatic carbocycles. The molecule has 2 aromatic heterocycles. The lowest BCUT2D eigenvalue weighted by atomic mass is 10.0. The molecule has 4 aromatic rings. The van der Waals surface area contributed by atoms with Gasteiger partial charge in [-0.15, -0.1) is 10.2 Å². The van der Waals surface area contributed by atoms with E-state index in [9.17, 15) is 0 Å². The number of nitrogens with zero attached hydrogens (tertiary/aromatic N) is 6. The maximum Gasteiger partial charge on any atom is 0.209 e. The Balaban J connectivity index is 1.47. The molecule has 0 saturated heterocycles. The summed E-state index contributed by atoms with van der Waals surface area (Å²) in [6, 6.07) is 16.8. The van der Waals surface area contributed by atoms with E-state index in [1.54, 1.807) is 12.4 Å². The molecule has 0 aliphatic rings. The van der Waals surface area contributed by atoms with Crippen LogP contribution in [-0.4, -0.2) is 42.9 Å². The predicted octanol–water partition coefficient (Wildman–Crippen LogP) is 4.43. The summed E-state index contributed by atoms with van der Waals surface area (Å²) in [4.78, 5) is 9.00. The molecule has 0 saturated carbocycles. The topological polar surface area (TPSA) is 77.3 Å². The van der Waals surface area contributed by atoms with Gasteiger partial charge in [-0.2, -0.15) is 10.2 Å². The molecule has 29 heavy (non-hydrogen) atoms. The van der Waals surface area contributed by atoms with E-state index in [1.807, 2.05) is 12.5 Å². The van der Waals surface area contributed by atoms with Gasteiger partial charge < -0.3 is 0 Å². The van der Waals surface area contributed by atoms with Crippen LogP contribution in [0.1, 0.15) is 11.1 Å². The Hall–Kier alpha value is -2.84. The Morgan fingerprint density at radius 1 is 0.621 bits per heavy atom. The third kappa shape index (κ3) is 4.78. The Morgan fingerprint density at radius 2 is 1.03 bits per heavy atom. The highest BCUT2D eigenvalue weighted by atomic mass is 32.2. The molecule has 144 valence electrons. The summed E-state index contributed by atoms with van der Waals surface area (Å²) < 4.78 is 0. The molecule has 0 fully saturated rings. The minimum absolute atomic E-state index is 0.676. The van der Waals surface area contributed by atoms with Gasteiger partial charge in [-0.3, -0.25) is 0 Å². The van der Waals surface area contributed by atoms with E-state index < -0.39 is 0 Å². The average molecular weight is 419 g/mol. The van der Waals surface area contributed by atoms with E-state index in [-0.39, 0.29) is 0 Å². The Labute approximate surface area is 177 Å². The lowest BCUT2D eigenvalue weighted by molar-refractivity contribution is 0.846. The number of hydrogen-bond acceptors (Lipinski definition) is 8. The fraction of sp³-hybridized carbons (Fsp3) is 0.143. The molecule has 0 atom stereocenters. The van der Waals surface area contributed by atoms with Crippen molar-refractivity contribution in [1.29, 1.82) is 0 Å². The highest BCUT2D eigenvalue weighted by Gasteiger charge is 2.05. The number of benzene rings is 2. The number of aromatic nitrogens is 6. The first-order chi connectivity index (χ1) is 14.2. The lowest BCUT2D eigenvalue weighted by Crippen LogP contribution is -1.94. The van der Waals surface area contributed by atoms with Crippen molar-refractivity contribution in [1.82, 2.24) is 30.4 Å². The first kappa shape index (κ1) is 19.5. The van der Waals surface area contributed by atoms with E-state index in [0.29, 0.717) is 10.3 Å². The van der Waals surface area contributed by atoms with E-state index in [1.165, 1.54) is 34.7 Å². The van der Waals surface area contributed by atoms with Crippen molar-refractivity contribution in [3.8, 4) is 22.5 Å². The van der Waals surface area contributed by atoms with E-state index in [4.69, 9.17) is 0 Å². The molecule has 0 bridgehead atoms. The van der Waals surface area contributed by atoms with E-state index in [2.05, 4.69) is 78.9 Å². The quantitative estimate of drug-likeness (QED) is 0.426. The van der Waals surface area contributed by atoms with Crippen LogP contribution in [0.4, 0.5) is 0 Å². The van der Waals surface area contributed by atoms with Crippen LogP contribution in [0.2, 0.25) is 0 Å². The monoisotopic (exact) mass is 418 g/mol. The van der Waals surface area contributed by atoms with Gasteiger partial charge in [0.25, 0.3) is 0 Å². The summed E-state index contributed by atoms with van der Waals surface area (Å²) in [6.45, 7) is 0. The maximum absolute atomic E-state index is 4.50. The van der Waals surface area contributed by atoms with Gasteiger partial charge in [0.2, 0.25) is 10.3 Å². The SMILES string of the molecule is CSc1nncc(-c2ccc(Cc3ccc(-c4cnnc(SC)n4)cc3)cc2)n1. The van der Waals surface area contributed by atoms with Crippen molar-refractivity contribution >= 4 is 23.5 Å². The van der Waals surface area contributed by atoms with Crippen LogP contribution in [0.25, 0.3) is 22.5 Å². The zero-order valence-electron chi connectivity index (χ0n) is 16.0. The van der Waals surface area contributed by atoms with Gasteiger partial charge in [0.1, 0.15) is 0 Å². The van der Waals surface area contributed by atoms with Gasteiger partial charge in [-0.25, -0.2) is 9.97 Å². The second-order valence-electron chi connectivity index (χ2n) is 6.23. The third-order valence-corrected chi connectivity index (χ3v) is 5.43. The average Bonchev–Trinajstić information content (AvgIpc) is 2.80. The molecule has 0 aliphatic heterocycles. The van der Waals surface area contributed by atoms with Crippen LogP contribution >= 0.6 is 23.5 Å². The molecule has 6 nitrogen and oxygen atoms in total. The van der Waals surface area contributed by atoms with E-state index >= 15 is 0 Å². The number of thioether (sulfide) groups is 2. The fourth-order valence-corrected chi connectivity index (χ4v) is 3.48. The van der Waals surface area contributed by atoms with Crippen molar-refractivity contribution < 1.29 is 0 Å². The molecule has 0 N–H and O–H groups in total. The summed E-state index contributed by atoms with van der Waals surface area (Å²) in [6.07, 6.45) is 8.13. The molecule has 0 unspecified atom stereocenters. The minimum atomic E-state index is 0.676. The minimum Gasteiger partial charge on any atom is -0.219 e. The third-order valence-electron chi connectivity index (χ3n) is 4.35. The second kappa shape index (κ2) is 9.11. The van der Waals surface area contributed by atoms with Gasteiger partial charge in [0.05, 0.1) is 23.8 Å². The maximum atomic E-state index is 4.50. The summed E-state index contributed by atoms with van der Waals surface area (Å²) >= 11 is 2.97. The normalized spacial score (nSPS) is 10.8. The molecule has 0 aliphatic carbocycles. The Bertz CT molecular complexity index is 1010. The molecule has 0 spiro atoms. The molecule has 8 heteroatoms. The van der Waals surface area contributed by atoms with Gasteiger partial charge in [-0.1, -0.05) is 72.1 Å². The number of rotatable bonds is 6. The van der Waals surface area contributed by atoms with Crippen LogP contribution < -0.4 is 0 Å². The van der Waals surface area contributed by atoms with Gasteiger partial charge in [0.15, 0.2) is 0 Å². The predicted molar refractivity (Wildman–Crippen MR) is 117 cm³/mol. The molecular formula is C21H18N6S2. The Morgan fingerprint density at radius 3 is 1.41 bits per heavy atom. The molecule has 0 radical (unpaired) electrons. The zero-order chi connectivity index (χ0) is 20.1. The summed E-state index contributed by atoms with van der Waals surface area (Å²) in [7, 11) is 0. The first-order valence-electron chi connectivity index (χ1n) is 8.91. The molecular weight excluding hydrogens is 400 g/mol. The van der Waals surface area contributed by atoms with E-state index in [0.717, 1.165) is 28.9 Å². The van der Waals surface area contributed by atoms with Gasteiger partial charge in [-0.05, 0) is 30.1 Å². The summed E-state index contributed by atoms with van der Waals surface area (Å²) in [5.74, 6) is 0. The standard InChI is InChI=1S/C21H18N6S2/c1-28-20-24-18(12-22-26-20)16-7-3-14(4-8-16)11-15-5-9-17(10-6-15)19-13-23-27-21(25-19)29-2/h3-10,12-13H,11H2,1-2H3. The van der Waals surface area contributed by atoms with Crippen molar-refractivity contribution in [2.45, 2.75) is 16.7 Å². The van der Waals surface area contributed by atoms with Crippen molar-refractivity contribution in [3.05, 3.63) is 72.1 Å². The highest BCUT2D eigenvalue weighted by molar-refractivity contribution is 7.98. The summed E-state index contributed by atoms with van der Waals surface area (Å²) in [5, 5.41) is 17.4. The van der Waals surface area contributed by atoms with Crippen LogP contribution in [-0.2, 0) is 6.42 Å². The second-order valence-corrected chi connectivity index (χ2v) is 7.77. The number of hydrogen-bond donors (Lipinski definition) is 0. The van der Waals surface area contributed by atoms with Crippen molar-refractivity contribution in [2.24, 2.45) is 0 Å². The van der Waals surface area contributed by atoms with Gasteiger partial charge in [0, 0.05) is 11.1 Å². The zero-order valence-corrected chi connectivity index (χ0v) is 17.6. The van der Waals surface area contributed by atoms with Crippen LogP contribution in [0, 0.1) is 0 Å². The molecule has 0 amide bonds. The van der Waals surface area contributed by atoms with Crippen molar-refractivity contribution in [2.75, 3.05) is 12.5 Å². The Kier molecular flexibility index (Phi) is 6.12. The van der Waals surface area contributed by atoms with Crippen LogP contribution in [0.5, 0.6) is 0 Å². The molecule has 4 rings (SSSR count). The van der Waals surface area contributed by atoms with Crippen LogP contribution in [0.15, 0.2) is 71.2 Å². The molecule has 2 heterocycles. The van der Waals surface area contributed by atoms with Crippen molar-refractivity contribution in [3.63, 3.8) is 0 Å². The first-order valence-corrected chi connectivity index (χ1v) is 11.4. The lowest BCUT2D eigenvalue weighted by Gasteiger charge is -2.06. The summed E-state index contributed by atoms with van der Waals surface area (Å²) in [5.41, 5.74) is 6.22. The highest BCUT2D eigenvalue weighted by Crippen LogP contribution is 2.22. The smallest absolute Gasteiger partial charge is 0.209 e.